The van der Waals surface area contributed by atoms with Crippen LogP contribution >= 0.6 is 0 Å². The summed E-state index contributed by atoms with van der Waals surface area (Å²) in [4.78, 5) is 11.0. The highest BCUT2D eigenvalue weighted by Gasteiger charge is 2.88. The summed E-state index contributed by atoms with van der Waals surface area (Å²) in [6.45, 7) is 1.54. The first kappa shape index (κ1) is 23.8. The molecule has 0 aromatic carbocycles. The van der Waals surface area contributed by atoms with Gasteiger partial charge in [0.05, 0.1) is 0 Å². The topological polar surface area (TPSA) is 17.1 Å². The van der Waals surface area contributed by atoms with Gasteiger partial charge in [0, 0.05) is 6.42 Å². The third-order valence-electron chi connectivity index (χ3n) is 3.19. The lowest BCUT2D eigenvalue weighted by molar-refractivity contribution is -0.425. The third-order valence-corrected chi connectivity index (χ3v) is 3.19. The molecule has 0 fully saturated rings. The van der Waals surface area contributed by atoms with Crippen LogP contribution in [0.4, 0.5) is 52.7 Å². The number of rotatable bonds is 9. The van der Waals surface area contributed by atoms with Crippen LogP contribution in [0.5, 0.6) is 0 Å². The first-order valence-electron chi connectivity index (χ1n) is 6.64. The summed E-state index contributed by atoms with van der Waals surface area (Å²) in [5, 5.41) is 0. The smallest absolute Gasteiger partial charge is 0.296 e. The van der Waals surface area contributed by atoms with Gasteiger partial charge >= 0.3 is 29.9 Å². The second-order valence-electron chi connectivity index (χ2n) is 5.13. The lowest BCUT2D eigenvalue weighted by Gasteiger charge is -2.37. The monoisotopic (exact) mass is 400 g/mol. The van der Waals surface area contributed by atoms with Gasteiger partial charge in [-0.15, -0.1) is 0 Å². The van der Waals surface area contributed by atoms with E-state index in [-0.39, 0.29) is 12.8 Å². The van der Waals surface area contributed by atoms with Crippen LogP contribution in [0.15, 0.2) is 0 Å². The van der Waals surface area contributed by atoms with Crippen LogP contribution in [0.25, 0.3) is 0 Å². The predicted octanol–water partition coefficient (Wildman–Crippen LogP) is 5.58. The molecule has 0 aliphatic carbocycles. The van der Waals surface area contributed by atoms with E-state index in [9.17, 15) is 57.5 Å². The molecular weight excluding hydrogens is 388 g/mol. The third kappa shape index (κ3) is 3.99. The Balaban J connectivity index is 5.76. The van der Waals surface area contributed by atoms with Crippen molar-refractivity contribution < 1.29 is 57.5 Å². The van der Waals surface area contributed by atoms with Crippen molar-refractivity contribution in [1.82, 2.24) is 0 Å². The van der Waals surface area contributed by atoms with E-state index >= 15 is 0 Å². The molecule has 0 aliphatic heterocycles. The lowest BCUT2D eigenvalue weighted by atomic mass is 9.92. The molecule has 0 N–H and O–H groups in total. The Morgan fingerprint density at radius 1 is 0.760 bits per heavy atom. The maximum atomic E-state index is 13.3. The summed E-state index contributed by atoms with van der Waals surface area (Å²) < 4.78 is 153. The molecule has 0 heterocycles. The van der Waals surface area contributed by atoms with Gasteiger partial charge in [0.1, 0.15) is 0 Å². The van der Waals surface area contributed by atoms with Gasteiger partial charge in [-0.1, -0.05) is 19.8 Å². The molecule has 25 heavy (non-hydrogen) atoms. The highest BCUT2D eigenvalue weighted by Crippen LogP contribution is 2.58. The maximum Gasteiger partial charge on any atom is 0.460 e. The SMILES string of the molecule is CCCCCC(=O)C(F)C(F)(F)C(F)(F)C(F)(F)C(F)(F)C(F)(F)F. The van der Waals surface area contributed by atoms with E-state index in [0.29, 0.717) is 6.42 Å². The van der Waals surface area contributed by atoms with Crippen molar-refractivity contribution in [3.63, 3.8) is 0 Å². The number of ketones is 1. The largest absolute Gasteiger partial charge is 0.460 e. The molecule has 150 valence electrons. The quantitative estimate of drug-likeness (QED) is 0.365. The highest BCUT2D eigenvalue weighted by molar-refractivity contribution is 5.84. The second kappa shape index (κ2) is 7.22. The molecule has 0 amide bonds. The Labute approximate surface area is 133 Å². The number of halogens is 12. The summed E-state index contributed by atoms with van der Waals surface area (Å²) in [5.41, 5.74) is 0. The molecule has 0 aliphatic rings. The molecule has 0 aromatic heterocycles. The average Bonchev–Trinajstić information content (AvgIpc) is 2.44. The summed E-state index contributed by atoms with van der Waals surface area (Å²) in [6, 6.07) is 0. The number of hydrogen-bond donors (Lipinski definition) is 0. The minimum atomic E-state index is -7.71. The van der Waals surface area contributed by atoms with E-state index in [1.54, 1.807) is 6.92 Å². The van der Waals surface area contributed by atoms with Crippen LogP contribution < -0.4 is 0 Å². The Morgan fingerprint density at radius 3 is 1.56 bits per heavy atom. The van der Waals surface area contributed by atoms with Crippen molar-refractivity contribution in [3.8, 4) is 0 Å². The van der Waals surface area contributed by atoms with Gasteiger partial charge in [0.25, 0.3) is 0 Å². The fraction of sp³-hybridized carbons (Fsp3) is 0.917. The van der Waals surface area contributed by atoms with Crippen molar-refractivity contribution in [1.29, 1.82) is 0 Å². The van der Waals surface area contributed by atoms with E-state index in [1.807, 2.05) is 0 Å². The molecule has 1 nitrogen and oxygen atoms in total. The molecule has 0 radical (unpaired) electrons. The Hall–Kier alpha value is -1.17. The van der Waals surface area contributed by atoms with Crippen LogP contribution in [0.3, 0.4) is 0 Å². The standard InChI is InChI=1S/C12H12F12O/c1-2-3-4-5-6(25)7(13)8(14,15)9(16,17)10(18,19)11(20,21)12(22,23)24/h7H,2-5H2,1H3. The molecule has 0 bridgehead atoms. The Morgan fingerprint density at radius 2 is 1.20 bits per heavy atom. The number of Topliss-reactive ketones (excluding diaryl/α,β-unsaturated/α-hetero) is 1. The zero-order valence-electron chi connectivity index (χ0n) is 12.3. The van der Waals surface area contributed by atoms with Gasteiger partial charge in [-0.3, -0.25) is 4.79 Å². The minimum absolute atomic E-state index is 0.142. The first-order chi connectivity index (χ1) is 10.9. The molecule has 0 saturated carbocycles. The van der Waals surface area contributed by atoms with Crippen LogP contribution in [-0.4, -0.2) is 41.8 Å². The molecule has 0 spiro atoms. The number of alkyl halides is 12. The molecular formula is C12H12F12O. The Bertz CT molecular complexity index is 467. The molecule has 13 heteroatoms. The Kier molecular flexibility index (Phi) is 6.88. The summed E-state index contributed by atoms with van der Waals surface area (Å²) in [5.74, 6) is -31.9. The van der Waals surface area contributed by atoms with Gasteiger partial charge in [-0.25, -0.2) is 4.39 Å². The average molecular weight is 400 g/mol. The summed E-state index contributed by atoms with van der Waals surface area (Å²) >= 11 is 0. The zero-order valence-corrected chi connectivity index (χ0v) is 12.3. The van der Waals surface area contributed by atoms with Crippen LogP contribution in [-0.2, 0) is 4.79 Å². The molecule has 1 unspecified atom stereocenters. The van der Waals surface area contributed by atoms with Crippen molar-refractivity contribution in [2.45, 2.75) is 68.6 Å². The van der Waals surface area contributed by atoms with Crippen molar-refractivity contribution >= 4 is 5.78 Å². The normalized spacial score (nSPS) is 16.0. The molecule has 1 atom stereocenters. The van der Waals surface area contributed by atoms with Gasteiger partial charge in [-0.2, -0.15) is 48.3 Å². The van der Waals surface area contributed by atoms with Crippen molar-refractivity contribution in [3.05, 3.63) is 0 Å². The first-order valence-corrected chi connectivity index (χ1v) is 6.64. The number of unbranched alkanes of at least 4 members (excludes halogenated alkanes) is 2. The van der Waals surface area contributed by atoms with Crippen molar-refractivity contribution in [2.75, 3.05) is 0 Å². The highest BCUT2D eigenvalue weighted by atomic mass is 19.4. The van der Waals surface area contributed by atoms with Gasteiger partial charge in [0.15, 0.2) is 5.78 Å². The van der Waals surface area contributed by atoms with E-state index in [2.05, 4.69) is 0 Å². The second-order valence-corrected chi connectivity index (χ2v) is 5.13. The molecule has 0 rings (SSSR count). The van der Waals surface area contributed by atoms with E-state index in [4.69, 9.17) is 0 Å². The van der Waals surface area contributed by atoms with E-state index in [1.165, 1.54) is 0 Å². The van der Waals surface area contributed by atoms with Gasteiger partial charge in [0.2, 0.25) is 6.17 Å². The van der Waals surface area contributed by atoms with Gasteiger partial charge < -0.3 is 0 Å². The molecule has 0 aromatic rings. The number of hydrogen-bond acceptors (Lipinski definition) is 1. The number of carbonyl (C=O) groups is 1. The molecule has 0 saturated heterocycles. The fourth-order valence-electron chi connectivity index (χ4n) is 1.62. The predicted molar refractivity (Wildman–Crippen MR) is 59.9 cm³/mol. The van der Waals surface area contributed by atoms with E-state index in [0.717, 1.165) is 0 Å². The van der Waals surface area contributed by atoms with Crippen LogP contribution in [0, 0.1) is 0 Å². The zero-order chi connectivity index (χ0) is 20.5. The van der Waals surface area contributed by atoms with Gasteiger partial charge in [-0.05, 0) is 6.42 Å². The van der Waals surface area contributed by atoms with E-state index < -0.39 is 48.2 Å². The summed E-state index contributed by atoms with van der Waals surface area (Å²) in [7, 11) is 0. The lowest BCUT2D eigenvalue weighted by Crippen LogP contribution is -2.68. The fourth-order valence-corrected chi connectivity index (χ4v) is 1.62. The number of carbonyl (C=O) groups excluding carboxylic acids is 1. The summed E-state index contributed by atoms with van der Waals surface area (Å²) in [6.07, 6.45) is -12.9. The van der Waals surface area contributed by atoms with Crippen LogP contribution in [0.1, 0.15) is 32.6 Å². The minimum Gasteiger partial charge on any atom is -0.296 e. The van der Waals surface area contributed by atoms with Crippen molar-refractivity contribution in [2.24, 2.45) is 0 Å². The maximum absolute atomic E-state index is 13.3. The van der Waals surface area contributed by atoms with Crippen LogP contribution in [0.2, 0.25) is 0 Å².